The van der Waals surface area contributed by atoms with E-state index in [1.807, 2.05) is 35.2 Å². The number of rotatable bonds is 4. The van der Waals surface area contributed by atoms with E-state index in [4.69, 9.17) is 9.47 Å². The lowest BCUT2D eigenvalue weighted by Crippen LogP contribution is -2.42. The van der Waals surface area contributed by atoms with Crippen LogP contribution in [0.4, 0.5) is 4.79 Å². The minimum atomic E-state index is -0.0423. The summed E-state index contributed by atoms with van der Waals surface area (Å²) in [5.41, 5.74) is 3.53. The fourth-order valence-corrected chi connectivity index (χ4v) is 2.95. The van der Waals surface area contributed by atoms with E-state index in [0.717, 1.165) is 18.5 Å². The van der Waals surface area contributed by atoms with Crippen molar-refractivity contribution in [2.45, 2.75) is 19.5 Å². The monoisotopic (exact) mass is 326 g/mol. The number of nitrogens with one attached hydrogen (secondary N) is 1. The van der Waals surface area contributed by atoms with Gasteiger partial charge in [-0.15, -0.1) is 0 Å². The van der Waals surface area contributed by atoms with Crippen LogP contribution in [0.15, 0.2) is 42.5 Å². The van der Waals surface area contributed by atoms with Crippen LogP contribution < -0.4 is 14.8 Å². The van der Waals surface area contributed by atoms with Crippen molar-refractivity contribution in [3.05, 3.63) is 59.2 Å². The number of carbonyl (C=O) groups excluding carboxylic acids is 1. The molecule has 0 unspecified atom stereocenters. The average Bonchev–Trinajstić information content (AvgIpc) is 2.65. The Morgan fingerprint density at radius 3 is 2.58 bits per heavy atom. The molecule has 0 spiro atoms. The second-order valence-corrected chi connectivity index (χ2v) is 5.79. The van der Waals surface area contributed by atoms with E-state index in [0.29, 0.717) is 24.6 Å². The molecule has 1 aliphatic rings. The molecular formula is C19H22N2O3. The lowest BCUT2D eigenvalue weighted by molar-refractivity contribution is 0.192. The van der Waals surface area contributed by atoms with Gasteiger partial charge in [-0.1, -0.05) is 30.3 Å². The van der Waals surface area contributed by atoms with Crippen LogP contribution in [0.5, 0.6) is 11.5 Å². The first-order chi connectivity index (χ1) is 11.7. The minimum absolute atomic E-state index is 0.0423. The number of urea groups is 1. The summed E-state index contributed by atoms with van der Waals surface area (Å²) in [7, 11) is 3.21. The molecule has 2 aromatic carbocycles. The van der Waals surface area contributed by atoms with Crippen molar-refractivity contribution in [1.82, 2.24) is 10.2 Å². The van der Waals surface area contributed by atoms with Crippen molar-refractivity contribution >= 4 is 6.03 Å². The maximum absolute atomic E-state index is 12.4. The third kappa shape index (κ3) is 3.45. The summed E-state index contributed by atoms with van der Waals surface area (Å²) in [6, 6.07) is 13.9. The van der Waals surface area contributed by atoms with E-state index in [-0.39, 0.29) is 6.03 Å². The molecule has 24 heavy (non-hydrogen) atoms. The lowest BCUT2D eigenvalue weighted by atomic mass is 10.0. The molecule has 0 radical (unpaired) electrons. The zero-order valence-corrected chi connectivity index (χ0v) is 14.0. The molecule has 0 aliphatic carbocycles. The molecule has 0 aromatic heterocycles. The first-order valence-corrected chi connectivity index (χ1v) is 8.01. The summed E-state index contributed by atoms with van der Waals surface area (Å²) in [4.78, 5) is 14.3. The number of amides is 2. The predicted octanol–water partition coefficient (Wildman–Crippen LogP) is 2.97. The smallest absolute Gasteiger partial charge is 0.317 e. The van der Waals surface area contributed by atoms with Gasteiger partial charge in [0.1, 0.15) is 0 Å². The Bertz CT molecular complexity index is 730. The standard InChI is InChI=1S/C19H22N2O3/c1-23-17-8-7-14(11-18(17)24-2)12-20-19(22)21-10-9-15-5-3-4-6-16(15)13-21/h3-8,11H,9-10,12-13H2,1-2H3,(H,20,22). The summed E-state index contributed by atoms with van der Waals surface area (Å²) in [6.45, 7) is 1.86. The summed E-state index contributed by atoms with van der Waals surface area (Å²) < 4.78 is 10.5. The highest BCUT2D eigenvalue weighted by Gasteiger charge is 2.20. The Morgan fingerprint density at radius 1 is 1.08 bits per heavy atom. The largest absolute Gasteiger partial charge is 0.493 e. The third-order valence-corrected chi connectivity index (χ3v) is 4.31. The van der Waals surface area contributed by atoms with Crippen molar-refractivity contribution in [2.24, 2.45) is 0 Å². The highest BCUT2D eigenvalue weighted by molar-refractivity contribution is 5.74. The van der Waals surface area contributed by atoms with Gasteiger partial charge in [0.15, 0.2) is 11.5 Å². The summed E-state index contributed by atoms with van der Waals surface area (Å²) >= 11 is 0. The van der Waals surface area contributed by atoms with Crippen LogP contribution in [0.3, 0.4) is 0 Å². The number of methoxy groups -OCH3 is 2. The number of hydrogen-bond donors (Lipinski definition) is 1. The number of ether oxygens (including phenoxy) is 2. The number of carbonyl (C=O) groups is 1. The minimum Gasteiger partial charge on any atom is -0.493 e. The zero-order valence-electron chi connectivity index (χ0n) is 14.0. The summed E-state index contributed by atoms with van der Waals surface area (Å²) in [6.07, 6.45) is 0.903. The SMILES string of the molecule is COc1ccc(CNC(=O)N2CCc3ccccc3C2)cc1OC. The fraction of sp³-hybridized carbons (Fsp3) is 0.316. The van der Waals surface area contributed by atoms with Crippen molar-refractivity contribution in [3.63, 3.8) is 0 Å². The van der Waals surface area contributed by atoms with E-state index < -0.39 is 0 Å². The lowest BCUT2D eigenvalue weighted by Gasteiger charge is -2.29. The number of hydrogen-bond acceptors (Lipinski definition) is 3. The predicted molar refractivity (Wildman–Crippen MR) is 92.3 cm³/mol. The Kier molecular flexibility index (Phi) is 4.89. The van der Waals surface area contributed by atoms with Crippen LogP contribution in [-0.4, -0.2) is 31.7 Å². The van der Waals surface area contributed by atoms with Gasteiger partial charge in [0.2, 0.25) is 0 Å². The Hall–Kier alpha value is -2.69. The summed E-state index contributed by atoms with van der Waals surface area (Å²) in [5, 5.41) is 2.98. The van der Waals surface area contributed by atoms with Gasteiger partial charge in [-0.25, -0.2) is 4.79 Å². The molecule has 5 nitrogen and oxygen atoms in total. The maximum Gasteiger partial charge on any atom is 0.317 e. The Labute approximate surface area is 142 Å². The normalized spacial score (nSPS) is 13.2. The molecule has 2 aromatic rings. The highest BCUT2D eigenvalue weighted by Crippen LogP contribution is 2.27. The molecule has 0 saturated heterocycles. The van der Waals surface area contributed by atoms with E-state index in [1.165, 1.54) is 11.1 Å². The first-order valence-electron chi connectivity index (χ1n) is 8.01. The van der Waals surface area contributed by atoms with Crippen molar-refractivity contribution in [2.75, 3.05) is 20.8 Å². The van der Waals surface area contributed by atoms with Crippen molar-refractivity contribution < 1.29 is 14.3 Å². The number of nitrogens with zero attached hydrogens (tertiary/aromatic N) is 1. The van der Waals surface area contributed by atoms with Gasteiger partial charge in [0.25, 0.3) is 0 Å². The van der Waals surface area contributed by atoms with Crippen LogP contribution in [0.1, 0.15) is 16.7 Å². The van der Waals surface area contributed by atoms with E-state index in [2.05, 4.69) is 17.4 Å². The number of fused-ring (bicyclic) bond motifs is 1. The molecule has 5 heteroatoms. The van der Waals surface area contributed by atoms with Gasteiger partial charge in [0.05, 0.1) is 14.2 Å². The fourth-order valence-electron chi connectivity index (χ4n) is 2.95. The van der Waals surface area contributed by atoms with Gasteiger partial charge < -0.3 is 19.7 Å². The van der Waals surface area contributed by atoms with Crippen LogP contribution in [0.25, 0.3) is 0 Å². The van der Waals surface area contributed by atoms with Crippen molar-refractivity contribution in [1.29, 1.82) is 0 Å². The topological polar surface area (TPSA) is 50.8 Å². The molecule has 0 bridgehead atoms. The second-order valence-electron chi connectivity index (χ2n) is 5.79. The molecule has 0 fully saturated rings. The van der Waals surface area contributed by atoms with Crippen molar-refractivity contribution in [3.8, 4) is 11.5 Å². The average molecular weight is 326 g/mol. The Balaban J connectivity index is 1.60. The van der Waals surface area contributed by atoms with E-state index in [9.17, 15) is 4.79 Å². The molecule has 126 valence electrons. The molecule has 0 atom stereocenters. The molecule has 0 saturated carbocycles. The van der Waals surface area contributed by atoms with E-state index >= 15 is 0 Å². The van der Waals surface area contributed by atoms with Crippen LogP contribution in [0, 0.1) is 0 Å². The quantitative estimate of drug-likeness (QED) is 0.940. The van der Waals surface area contributed by atoms with Crippen LogP contribution >= 0.6 is 0 Å². The van der Waals surface area contributed by atoms with Gasteiger partial charge in [0, 0.05) is 19.6 Å². The van der Waals surface area contributed by atoms with Gasteiger partial charge in [-0.05, 0) is 35.2 Å². The molecule has 1 heterocycles. The molecule has 3 rings (SSSR count). The molecule has 1 N–H and O–H groups in total. The zero-order chi connectivity index (χ0) is 16.9. The van der Waals surface area contributed by atoms with Gasteiger partial charge in [-0.2, -0.15) is 0 Å². The van der Waals surface area contributed by atoms with Gasteiger partial charge in [-0.3, -0.25) is 0 Å². The number of benzene rings is 2. The van der Waals surface area contributed by atoms with Gasteiger partial charge >= 0.3 is 6.03 Å². The van der Waals surface area contributed by atoms with E-state index in [1.54, 1.807) is 14.2 Å². The molecule has 2 amide bonds. The third-order valence-electron chi connectivity index (χ3n) is 4.31. The summed E-state index contributed by atoms with van der Waals surface area (Å²) in [5.74, 6) is 1.34. The highest BCUT2D eigenvalue weighted by atomic mass is 16.5. The first kappa shape index (κ1) is 16.2. The maximum atomic E-state index is 12.4. The Morgan fingerprint density at radius 2 is 1.83 bits per heavy atom. The second kappa shape index (κ2) is 7.25. The van der Waals surface area contributed by atoms with Crippen LogP contribution in [0.2, 0.25) is 0 Å². The molecule has 1 aliphatic heterocycles. The molecular weight excluding hydrogens is 304 g/mol. The van der Waals surface area contributed by atoms with Crippen LogP contribution in [-0.2, 0) is 19.5 Å².